The van der Waals surface area contributed by atoms with Gasteiger partial charge in [-0.25, -0.2) is 13.4 Å². The molecule has 0 aliphatic carbocycles. The number of benzene rings is 1. The van der Waals surface area contributed by atoms with Gasteiger partial charge in [-0.3, -0.25) is 0 Å². The summed E-state index contributed by atoms with van der Waals surface area (Å²) in [5.74, 6) is 0. The second kappa shape index (κ2) is 7.58. The molecule has 2 aromatic rings. The number of anilines is 1. The van der Waals surface area contributed by atoms with E-state index in [9.17, 15) is 21.6 Å². The van der Waals surface area contributed by atoms with E-state index >= 15 is 0 Å². The molecule has 2 heterocycles. The number of hydrogen-bond donors (Lipinski definition) is 0. The molecule has 148 valence electrons. The fourth-order valence-electron chi connectivity index (χ4n) is 2.86. The Labute approximate surface area is 164 Å². The number of piperazine rings is 1. The monoisotopic (exact) mass is 430 g/mol. The van der Waals surface area contributed by atoms with E-state index in [-0.39, 0.29) is 18.8 Å². The van der Waals surface area contributed by atoms with Crippen LogP contribution in [-0.4, -0.2) is 43.9 Å². The maximum Gasteiger partial charge on any atom is 0.417 e. The number of nitriles is 1. The third kappa shape index (κ3) is 4.06. The van der Waals surface area contributed by atoms with Crippen molar-refractivity contribution in [3.05, 3.63) is 52.8 Å². The normalized spacial score (nSPS) is 16.0. The van der Waals surface area contributed by atoms with Crippen LogP contribution in [0.5, 0.6) is 0 Å². The largest absolute Gasteiger partial charge is 0.417 e. The molecule has 0 saturated carbocycles. The SMILES string of the molecule is N#Cc1ccc(N2CCN(S(=O)(=O)c3ccc(Cl)c(C(F)(F)F)c3)CC2)cn1. The van der Waals surface area contributed by atoms with Crippen molar-refractivity contribution in [3.8, 4) is 6.07 Å². The predicted octanol–water partition coefficient (Wildman–Crippen LogP) is 3.14. The van der Waals surface area contributed by atoms with Gasteiger partial charge in [0.15, 0.2) is 0 Å². The Morgan fingerprint density at radius 2 is 1.79 bits per heavy atom. The van der Waals surface area contributed by atoms with E-state index in [0.29, 0.717) is 19.2 Å². The summed E-state index contributed by atoms with van der Waals surface area (Å²) in [4.78, 5) is 5.42. The van der Waals surface area contributed by atoms with Crippen molar-refractivity contribution < 1.29 is 21.6 Å². The number of nitrogens with zero attached hydrogens (tertiary/aromatic N) is 4. The summed E-state index contributed by atoms with van der Waals surface area (Å²) in [7, 11) is -4.09. The van der Waals surface area contributed by atoms with Crippen LogP contribution in [0.1, 0.15) is 11.3 Å². The molecule has 0 spiro atoms. The van der Waals surface area contributed by atoms with E-state index in [4.69, 9.17) is 16.9 Å². The highest BCUT2D eigenvalue weighted by Gasteiger charge is 2.36. The lowest BCUT2D eigenvalue weighted by atomic mass is 10.2. The fourth-order valence-corrected chi connectivity index (χ4v) is 4.53. The number of sulfonamides is 1. The van der Waals surface area contributed by atoms with Gasteiger partial charge in [-0.1, -0.05) is 11.6 Å². The van der Waals surface area contributed by atoms with Crippen molar-refractivity contribution in [2.24, 2.45) is 0 Å². The minimum atomic E-state index is -4.75. The first-order valence-corrected chi connectivity index (χ1v) is 9.93. The highest BCUT2D eigenvalue weighted by atomic mass is 35.5. The second-order valence-corrected chi connectivity index (χ2v) is 8.39. The minimum absolute atomic E-state index is 0.103. The molecule has 0 atom stereocenters. The number of hydrogen-bond acceptors (Lipinski definition) is 5. The number of rotatable bonds is 3. The van der Waals surface area contributed by atoms with E-state index in [2.05, 4.69) is 4.98 Å². The number of halogens is 4. The third-order valence-electron chi connectivity index (χ3n) is 4.35. The molecular weight excluding hydrogens is 417 g/mol. The lowest BCUT2D eigenvalue weighted by Crippen LogP contribution is -2.48. The van der Waals surface area contributed by atoms with Gasteiger partial charge in [0.2, 0.25) is 10.0 Å². The summed E-state index contributed by atoms with van der Waals surface area (Å²) in [6, 6.07) is 7.77. The molecular formula is C17H14ClF3N4O2S. The van der Waals surface area contributed by atoms with E-state index in [1.165, 1.54) is 6.20 Å². The Morgan fingerprint density at radius 3 is 2.32 bits per heavy atom. The molecule has 1 aromatic heterocycles. The third-order valence-corrected chi connectivity index (χ3v) is 6.57. The molecule has 1 aliphatic heterocycles. The van der Waals surface area contributed by atoms with Crippen molar-refractivity contribution in [3.63, 3.8) is 0 Å². The molecule has 0 radical (unpaired) electrons. The van der Waals surface area contributed by atoms with E-state index < -0.39 is 31.7 Å². The number of pyridine rings is 1. The maximum atomic E-state index is 13.0. The van der Waals surface area contributed by atoms with Gasteiger partial charge >= 0.3 is 6.18 Å². The molecule has 1 aromatic carbocycles. The molecule has 1 fully saturated rings. The van der Waals surface area contributed by atoms with Crippen molar-refractivity contribution in [2.75, 3.05) is 31.1 Å². The predicted molar refractivity (Wildman–Crippen MR) is 96.4 cm³/mol. The van der Waals surface area contributed by atoms with Crippen LogP contribution in [0, 0.1) is 11.3 Å². The standard InChI is InChI=1S/C17H14ClF3N4O2S/c18-16-4-3-14(9-15(16)17(19,20)21)28(26,27)25-7-5-24(6-8-25)13-2-1-12(10-22)23-11-13/h1-4,9,11H,5-8H2. The minimum Gasteiger partial charge on any atom is -0.368 e. The summed E-state index contributed by atoms with van der Waals surface area (Å²) in [5, 5.41) is 8.23. The summed E-state index contributed by atoms with van der Waals surface area (Å²) in [6.45, 7) is 0.887. The Kier molecular flexibility index (Phi) is 5.52. The molecule has 6 nitrogen and oxygen atoms in total. The van der Waals surface area contributed by atoms with Crippen molar-refractivity contribution in [2.45, 2.75) is 11.1 Å². The van der Waals surface area contributed by atoms with Crippen LogP contribution in [0.15, 0.2) is 41.4 Å². The topological polar surface area (TPSA) is 77.3 Å². The van der Waals surface area contributed by atoms with Crippen LogP contribution in [-0.2, 0) is 16.2 Å². The zero-order chi connectivity index (χ0) is 20.5. The fraction of sp³-hybridized carbons (Fsp3) is 0.294. The average Bonchev–Trinajstić information content (AvgIpc) is 2.67. The van der Waals surface area contributed by atoms with E-state index in [1.54, 1.807) is 12.1 Å². The van der Waals surface area contributed by atoms with Gasteiger partial charge in [0.25, 0.3) is 0 Å². The van der Waals surface area contributed by atoms with Crippen LogP contribution in [0.2, 0.25) is 5.02 Å². The van der Waals surface area contributed by atoms with Gasteiger partial charge in [-0.15, -0.1) is 0 Å². The molecule has 0 bridgehead atoms. The number of alkyl halides is 3. The summed E-state index contributed by atoms with van der Waals surface area (Å²) in [6.07, 6.45) is -3.22. The highest BCUT2D eigenvalue weighted by molar-refractivity contribution is 7.89. The Balaban J connectivity index is 1.77. The molecule has 1 aliphatic rings. The first-order valence-electron chi connectivity index (χ1n) is 8.11. The lowest BCUT2D eigenvalue weighted by Gasteiger charge is -2.35. The van der Waals surface area contributed by atoms with Crippen molar-refractivity contribution >= 4 is 27.3 Å². The van der Waals surface area contributed by atoms with E-state index in [1.807, 2.05) is 11.0 Å². The molecule has 0 unspecified atom stereocenters. The van der Waals surface area contributed by atoms with Crippen LogP contribution in [0.3, 0.4) is 0 Å². The Morgan fingerprint density at radius 1 is 1.11 bits per heavy atom. The first-order chi connectivity index (χ1) is 13.1. The van der Waals surface area contributed by atoms with Crippen molar-refractivity contribution in [1.82, 2.24) is 9.29 Å². The lowest BCUT2D eigenvalue weighted by molar-refractivity contribution is -0.137. The Hall–Kier alpha value is -2.35. The molecule has 11 heteroatoms. The number of aromatic nitrogens is 1. The smallest absolute Gasteiger partial charge is 0.368 e. The van der Waals surface area contributed by atoms with Crippen molar-refractivity contribution in [1.29, 1.82) is 5.26 Å². The van der Waals surface area contributed by atoms with Crippen LogP contribution in [0.4, 0.5) is 18.9 Å². The van der Waals surface area contributed by atoms with Gasteiger partial charge in [0.05, 0.1) is 27.4 Å². The second-order valence-electron chi connectivity index (χ2n) is 6.04. The Bertz CT molecular complexity index is 1010. The quantitative estimate of drug-likeness (QED) is 0.747. The van der Waals surface area contributed by atoms with Gasteiger partial charge in [-0.05, 0) is 30.3 Å². The summed E-state index contributed by atoms with van der Waals surface area (Å²) < 4.78 is 65.7. The summed E-state index contributed by atoms with van der Waals surface area (Å²) >= 11 is 5.56. The summed E-state index contributed by atoms with van der Waals surface area (Å²) in [5.41, 5.74) is -0.174. The zero-order valence-corrected chi connectivity index (χ0v) is 15.9. The van der Waals surface area contributed by atoms with Crippen LogP contribution >= 0.6 is 11.6 Å². The van der Waals surface area contributed by atoms with Gasteiger partial charge < -0.3 is 4.90 Å². The van der Waals surface area contributed by atoms with E-state index in [0.717, 1.165) is 22.1 Å². The first kappa shape index (κ1) is 20.4. The maximum absolute atomic E-state index is 13.0. The van der Waals surface area contributed by atoms with Crippen LogP contribution < -0.4 is 4.90 Å². The highest BCUT2D eigenvalue weighted by Crippen LogP contribution is 2.36. The molecule has 28 heavy (non-hydrogen) atoms. The molecule has 1 saturated heterocycles. The molecule has 3 rings (SSSR count). The van der Waals surface area contributed by atoms with Gasteiger partial charge in [0, 0.05) is 26.2 Å². The zero-order valence-electron chi connectivity index (χ0n) is 14.3. The molecule has 0 N–H and O–H groups in total. The van der Waals surface area contributed by atoms with Crippen LogP contribution in [0.25, 0.3) is 0 Å². The molecule has 0 amide bonds. The van der Waals surface area contributed by atoms with Gasteiger partial charge in [0.1, 0.15) is 11.8 Å². The average molecular weight is 431 g/mol. The van der Waals surface area contributed by atoms with Gasteiger partial charge in [-0.2, -0.15) is 22.7 Å².